The zero-order valence-corrected chi connectivity index (χ0v) is 13.0. The van der Waals surface area contributed by atoms with E-state index < -0.39 is 22.6 Å². The van der Waals surface area contributed by atoms with Crippen molar-refractivity contribution in [2.45, 2.75) is 30.8 Å². The molecule has 1 unspecified atom stereocenters. The van der Waals surface area contributed by atoms with Crippen molar-refractivity contribution < 1.29 is 21.6 Å². The molecule has 0 radical (unpaired) electrons. The van der Waals surface area contributed by atoms with Crippen LogP contribution in [0.1, 0.15) is 18.9 Å². The molecule has 0 spiro atoms. The first-order valence-electron chi connectivity index (χ1n) is 6.92. The second-order valence-corrected chi connectivity index (χ2v) is 7.98. The van der Waals surface area contributed by atoms with Crippen molar-refractivity contribution >= 4 is 10.0 Å². The van der Waals surface area contributed by atoms with E-state index in [1.54, 1.807) is 0 Å². The number of hydrogen-bond acceptors (Lipinski definition) is 3. The molecule has 22 heavy (non-hydrogen) atoms. The summed E-state index contributed by atoms with van der Waals surface area (Å²) in [5.74, 6) is 0. The Morgan fingerprint density at radius 1 is 1.27 bits per heavy atom. The maximum Gasteiger partial charge on any atom is 0.393 e. The van der Waals surface area contributed by atoms with Gasteiger partial charge in [-0.15, -0.1) is 0 Å². The standard InChI is InChI=1S/C14H19F3N2O2S/c1-13(9-18)6-7-19(10-13)22(20,21)12-4-2-11(3-5-12)8-14(15,16)17/h2-5H,6-10,18H2,1H3. The normalized spacial score (nSPS) is 23.9. The molecular weight excluding hydrogens is 317 g/mol. The fourth-order valence-electron chi connectivity index (χ4n) is 2.51. The van der Waals surface area contributed by atoms with E-state index in [-0.39, 0.29) is 15.9 Å². The van der Waals surface area contributed by atoms with E-state index in [2.05, 4.69) is 0 Å². The van der Waals surface area contributed by atoms with Crippen molar-refractivity contribution in [2.24, 2.45) is 11.1 Å². The Balaban J connectivity index is 2.17. The molecule has 0 saturated carbocycles. The molecule has 1 aromatic rings. The van der Waals surface area contributed by atoms with Gasteiger partial charge < -0.3 is 5.73 Å². The smallest absolute Gasteiger partial charge is 0.330 e. The topological polar surface area (TPSA) is 63.4 Å². The van der Waals surface area contributed by atoms with Crippen LogP contribution in [-0.2, 0) is 16.4 Å². The third-order valence-electron chi connectivity index (χ3n) is 3.98. The van der Waals surface area contributed by atoms with Crippen LogP contribution in [0.5, 0.6) is 0 Å². The maximum absolute atomic E-state index is 12.5. The van der Waals surface area contributed by atoms with Gasteiger partial charge in [0, 0.05) is 13.1 Å². The second-order valence-electron chi connectivity index (χ2n) is 6.04. The number of alkyl halides is 3. The van der Waals surface area contributed by atoms with Gasteiger partial charge in [-0.2, -0.15) is 17.5 Å². The van der Waals surface area contributed by atoms with Crippen molar-refractivity contribution in [1.29, 1.82) is 0 Å². The van der Waals surface area contributed by atoms with Gasteiger partial charge in [-0.3, -0.25) is 0 Å². The SMILES string of the molecule is CC1(CN)CCN(S(=O)(=O)c2ccc(CC(F)(F)F)cc2)C1. The summed E-state index contributed by atoms with van der Waals surface area (Å²) in [7, 11) is -3.68. The van der Waals surface area contributed by atoms with E-state index >= 15 is 0 Å². The molecule has 1 heterocycles. The van der Waals surface area contributed by atoms with Crippen molar-refractivity contribution in [1.82, 2.24) is 4.31 Å². The van der Waals surface area contributed by atoms with Gasteiger partial charge in [-0.05, 0) is 36.1 Å². The Bertz CT molecular complexity index is 628. The lowest BCUT2D eigenvalue weighted by molar-refractivity contribution is -0.127. The Labute approximate surface area is 128 Å². The number of nitrogens with zero attached hydrogens (tertiary/aromatic N) is 1. The largest absolute Gasteiger partial charge is 0.393 e. The molecule has 1 aliphatic rings. The summed E-state index contributed by atoms with van der Waals surface area (Å²) < 4.78 is 63.3. The first-order chi connectivity index (χ1) is 10.1. The first kappa shape index (κ1) is 17.2. The molecule has 1 saturated heterocycles. The quantitative estimate of drug-likeness (QED) is 0.916. The highest BCUT2D eigenvalue weighted by Crippen LogP contribution is 2.32. The maximum atomic E-state index is 12.5. The molecule has 4 nitrogen and oxygen atoms in total. The minimum Gasteiger partial charge on any atom is -0.330 e. The summed E-state index contributed by atoms with van der Waals surface area (Å²) in [4.78, 5) is 0.0136. The van der Waals surface area contributed by atoms with Gasteiger partial charge in [0.2, 0.25) is 10.0 Å². The fourth-order valence-corrected chi connectivity index (χ4v) is 4.10. The van der Waals surface area contributed by atoms with Gasteiger partial charge in [-0.1, -0.05) is 19.1 Å². The van der Waals surface area contributed by atoms with Crippen LogP contribution in [0.15, 0.2) is 29.2 Å². The number of nitrogens with two attached hydrogens (primary N) is 1. The van der Waals surface area contributed by atoms with Crippen LogP contribution in [0, 0.1) is 5.41 Å². The van der Waals surface area contributed by atoms with Crippen molar-refractivity contribution in [3.63, 3.8) is 0 Å². The fraction of sp³-hybridized carbons (Fsp3) is 0.571. The Morgan fingerprint density at radius 2 is 1.86 bits per heavy atom. The van der Waals surface area contributed by atoms with Crippen LogP contribution in [-0.4, -0.2) is 38.5 Å². The van der Waals surface area contributed by atoms with E-state index in [1.165, 1.54) is 28.6 Å². The Morgan fingerprint density at radius 3 is 2.32 bits per heavy atom. The summed E-state index contributed by atoms with van der Waals surface area (Å²) in [6, 6.07) is 4.88. The lowest BCUT2D eigenvalue weighted by Gasteiger charge is -2.22. The van der Waals surface area contributed by atoms with Crippen LogP contribution in [0.3, 0.4) is 0 Å². The summed E-state index contributed by atoms with van der Waals surface area (Å²) >= 11 is 0. The number of rotatable bonds is 4. The molecule has 1 atom stereocenters. The molecule has 8 heteroatoms. The van der Waals surface area contributed by atoms with E-state index in [4.69, 9.17) is 5.73 Å². The van der Waals surface area contributed by atoms with Crippen LogP contribution in [0.4, 0.5) is 13.2 Å². The van der Waals surface area contributed by atoms with Gasteiger partial charge in [0.15, 0.2) is 0 Å². The molecule has 0 aliphatic carbocycles. The third kappa shape index (κ3) is 3.80. The molecule has 1 aromatic carbocycles. The number of benzene rings is 1. The van der Waals surface area contributed by atoms with Gasteiger partial charge in [0.25, 0.3) is 0 Å². The van der Waals surface area contributed by atoms with E-state index in [0.717, 1.165) is 0 Å². The highest BCUT2D eigenvalue weighted by Gasteiger charge is 2.39. The van der Waals surface area contributed by atoms with Gasteiger partial charge in [0.05, 0.1) is 11.3 Å². The lowest BCUT2D eigenvalue weighted by Crippen LogP contribution is -2.34. The molecule has 0 amide bonds. The molecular formula is C14H19F3N2O2S. The predicted molar refractivity (Wildman–Crippen MR) is 76.7 cm³/mol. The number of sulfonamides is 1. The van der Waals surface area contributed by atoms with Gasteiger partial charge >= 0.3 is 6.18 Å². The monoisotopic (exact) mass is 336 g/mol. The number of hydrogen-bond donors (Lipinski definition) is 1. The highest BCUT2D eigenvalue weighted by molar-refractivity contribution is 7.89. The van der Waals surface area contributed by atoms with Crippen molar-refractivity contribution in [3.8, 4) is 0 Å². The van der Waals surface area contributed by atoms with Crippen molar-refractivity contribution in [3.05, 3.63) is 29.8 Å². The Kier molecular flexibility index (Phi) is 4.56. The van der Waals surface area contributed by atoms with Crippen LogP contribution < -0.4 is 5.73 Å². The summed E-state index contributed by atoms with van der Waals surface area (Å²) in [6.07, 6.45) is -4.70. The van der Waals surface area contributed by atoms with E-state index in [0.29, 0.717) is 26.1 Å². The highest BCUT2D eigenvalue weighted by atomic mass is 32.2. The zero-order valence-electron chi connectivity index (χ0n) is 12.2. The van der Waals surface area contributed by atoms with Crippen molar-refractivity contribution in [2.75, 3.05) is 19.6 Å². The average molecular weight is 336 g/mol. The summed E-state index contributed by atoms with van der Waals surface area (Å²) in [5, 5.41) is 0. The summed E-state index contributed by atoms with van der Waals surface area (Å²) in [6.45, 7) is 3.02. The van der Waals surface area contributed by atoms with Crippen LogP contribution in [0.2, 0.25) is 0 Å². The van der Waals surface area contributed by atoms with Crippen LogP contribution >= 0.6 is 0 Å². The number of halogens is 3. The molecule has 1 fully saturated rings. The molecule has 0 aromatic heterocycles. The van der Waals surface area contributed by atoms with E-state index in [1.807, 2.05) is 6.92 Å². The predicted octanol–water partition coefficient (Wildman–Crippen LogP) is 2.15. The van der Waals surface area contributed by atoms with Crippen LogP contribution in [0.25, 0.3) is 0 Å². The average Bonchev–Trinajstić information content (AvgIpc) is 2.82. The molecule has 2 N–H and O–H groups in total. The first-order valence-corrected chi connectivity index (χ1v) is 8.36. The van der Waals surface area contributed by atoms with Gasteiger partial charge in [-0.25, -0.2) is 8.42 Å². The minimum atomic E-state index is -4.31. The zero-order chi connectivity index (χ0) is 16.6. The second kappa shape index (κ2) is 5.82. The molecule has 0 bridgehead atoms. The minimum absolute atomic E-state index is 0.0136. The summed E-state index contributed by atoms with van der Waals surface area (Å²) in [5.41, 5.74) is 5.46. The van der Waals surface area contributed by atoms with E-state index in [9.17, 15) is 21.6 Å². The Hall–Kier alpha value is -1.12. The van der Waals surface area contributed by atoms with Gasteiger partial charge in [0.1, 0.15) is 0 Å². The molecule has 124 valence electrons. The molecule has 1 aliphatic heterocycles. The molecule has 2 rings (SSSR count). The lowest BCUT2D eigenvalue weighted by atomic mass is 9.90. The third-order valence-corrected chi connectivity index (χ3v) is 5.84.